The van der Waals surface area contributed by atoms with E-state index < -0.39 is 5.54 Å². The van der Waals surface area contributed by atoms with Crippen molar-refractivity contribution in [1.82, 2.24) is 10.2 Å². The summed E-state index contributed by atoms with van der Waals surface area (Å²) in [6.45, 7) is 6.78. The Morgan fingerprint density at radius 1 is 0.786 bits per heavy atom. The summed E-state index contributed by atoms with van der Waals surface area (Å²) in [6.07, 6.45) is 23.3. The van der Waals surface area contributed by atoms with Crippen molar-refractivity contribution in [1.29, 1.82) is 0 Å². The zero-order valence-electron chi connectivity index (χ0n) is 18.7. The van der Waals surface area contributed by atoms with Gasteiger partial charge in [0, 0.05) is 6.54 Å². The first kappa shape index (κ1) is 24.7. The summed E-state index contributed by atoms with van der Waals surface area (Å²) in [5, 5.41) is 2.45. The van der Waals surface area contributed by atoms with Gasteiger partial charge in [0.15, 0.2) is 0 Å². The number of nitrogens with zero attached hydrogens (tertiary/aromatic N) is 1. The number of carbonyl (C=O) groups is 2. The van der Waals surface area contributed by atoms with Crippen molar-refractivity contribution >= 4 is 11.9 Å². The molecule has 0 spiro atoms. The van der Waals surface area contributed by atoms with Gasteiger partial charge in [-0.1, -0.05) is 83.8 Å². The second-order valence-corrected chi connectivity index (χ2v) is 8.48. The SMILES string of the molecule is CCCCCCCC/C=C\CCCCCCCCN1C(=O)NC(=O)C1(C)CC. The molecule has 4 heteroatoms. The van der Waals surface area contributed by atoms with Gasteiger partial charge in [-0.05, 0) is 45.4 Å². The molecule has 1 rings (SSSR count). The number of hydrogen-bond donors (Lipinski definition) is 1. The molecule has 1 atom stereocenters. The van der Waals surface area contributed by atoms with Gasteiger partial charge in [-0.15, -0.1) is 0 Å². The first-order chi connectivity index (χ1) is 13.6. The Labute approximate surface area is 173 Å². The molecule has 0 aromatic carbocycles. The minimum Gasteiger partial charge on any atom is -0.310 e. The molecule has 3 amide bonds. The lowest BCUT2D eigenvalue weighted by atomic mass is 9.97. The molecule has 1 heterocycles. The van der Waals surface area contributed by atoms with Gasteiger partial charge in [0.05, 0.1) is 0 Å². The molecular formula is C24H44N2O2. The second-order valence-electron chi connectivity index (χ2n) is 8.48. The van der Waals surface area contributed by atoms with Crippen LogP contribution in [0.4, 0.5) is 4.79 Å². The monoisotopic (exact) mass is 392 g/mol. The molecule has 0 aromatic rings. The molecule has 1 aliphatic heterocycles. The molecule has 0 radical (unpaired) electrons. The number of rotatable bonds is 17. The van der Waals surface area contributed by atoms with E-state index >= 15 is 0 Å². The van der Waals surface area contributed by atoms with Crippen molar-refractivity contribution < 1.29 is 9.59 Å². The van der Waals surface area contributed by atoms with Gasteiger partial charge in [-0.2, -0.15) is 0 Å². The molecular weight excluding hydrogens is 348 g/mol. The Morgan fingerprint density at radius 3 is 1.82 bits per heavy atom. The molecule has 1 N–H and O–H groups in total. The number of allylic oxidation sites excluding steroid dienone is 2. The first-order valence-corrected chi connectivity index (χ1v) is 11.8. The molecule has 1 aliphatic rings. The highest BCUT2D eigenvalue weighted by Gasteiger charge is 2.47. The summed E-state index contributed by atoms with van der Waals surface area (Å²) in [7, 11) is 0. The molecule has 0 aliphatic carbocycles. The molecule has 0 saturated carbocycles. The largest absolute Gasteiger partial charge is 0.325 e. The van der Waals surface area contributed by atoms with Gasteiger partial charge >= 0.3 is 6.03 Å². The summed E-state index contributed by atoms with van der Waals surface area (Å²) in [6, 6.07) is -0.220. The lowest BCUT2D eigenvalue weighted by Gasteiger charge is -2.30. The third-order valence-electron chi connectivity index (χ3n) is 6.13. The summed E-state index contributed by atoms with van der Waals surface area (Å²) in [5.41, 5.74) is -0.654. The lowest BCUT2D eigenvalue weighted by molar-refractivity contribution is -0.126. The molecule has 1 saturated heterocycles. The fourth-order valence-corrected chi connectivity index (χ4v) is 3.86. The van der Waals surface area contributed by atoms with Crippen LogP contribution < -0.4 is 5.32 Å². The first-order valence-electron chi connectivity index (χ1n) is 11.8. The summed E-state index contributed by atoms with van der Waals surface area (Å²) < 4.78 is 0. The van der Waals surface area contributed by atoms with Crippen LogP contribution in [-0.2, 0) is 4.79 Å². The minimum atomic E-state index is -0.654. The van der Waals surface area contributed by atoms with Crippen LogP contribution in [0.25, 0.3) is 0 Å². The van der Waals surface area contributed by atoms with Crippen LogP contribution in [0.2, 0.25) is 0 Å². The Morgan fingerprint density at radius 2 is 1.29 bits per heavy atom. The van der Waals surface area contributed by atoms with Gasteiger partial charge in [-0.25, -0.2) is 4.79 Å². The van der Waals surface area contributed by atoms with E-state index in [4.69, 9.17) is 0 Å². The van der Waals surface area contributed by atoms with E-state index in [-0.39, 0.29) is 11.9 Å². The minimum absolute atomic E-state index is 0.149. The van der Waals surface area contributed by atoms with E-state index in [9.17, 15) is 9.59 Å². The fraction of sp³-hybridized carbons (Fsp3) is 0.833. The van der Waals surface area contributed by atoms with E-state index in [0.717, 1.165) is 12.8 Å². The maximum absolute atomic E-state index is 11.9. The molecule has 0 aromatic heterocycles. The van der Waals surface area contributed by atoms with Crippen molar-refractivity contribution in [3.8, 4) is 0 Å². The summed E-state index contributed by atoms with van der Waals surface area (Å²) in [5.74, 6) is -0.149. The Bertz CT molecular complexity index is 475. The number of hydrogen-bond acceptors (Lipinski definition) is 2. The highest BCUT2D eigenvalue weighted by Crippen LogP contribution is 2.25. The average molecular weight is 393 g/mol. The third kappa shape index (κ3) is 8.79. The Kier molecular flexibility index (Phi) is 12.9. The van der Waals surface area contributed by atoms with Gasteiger partial charge in [0.2, 0.25) is 0 Å². The topological polar surface area (TPSA) is 49.4 Å². The van der Waals surface area contributed by atoms with Crippen LogP contribution in [0, 0.1) is 0 Å². The van der Waals surface area contributed by atoms with Crippen LogP contribution in [-0.4, -0.2) is 28.9 Å². The van der Waals surface area contributed by atoms with E-state index in [2.05, 4.69) is 24.4 Å². The highest BCUT2D eigenvalue weighted by atomic mass is 16.2. The second kappa shape index (κ2) is 14.6. The van der Waals surface area contributed by atoms with Gasteiger partial charge < -0.3 is 4.90 Å². The highest BCUT2D eigenvalue weighted by molar-refractivity contribution is 6.06. The van der Waals surface area contributed by atoms with Crippen LogP contribution in [0.1, 0.15) is 117 Å². The number of nitrogens with one attached hydrogen (secondary N) is 1. The van der Waals surface area contributed by atoms with Crippen molar-refractivity contribution in [3.05, 3.63) is 12.2 Å². The molecule has 1 unspecified atom stereocenters. The van der Waals surface area contributed by atoms with Crippen LogP contribution >= 0.6 is 0 Å². The van der Waals surface area contributed by atoms with Gasteiger partial charge in [0.1, 0.15) is 5.54 Å². The molecule has 0 bridgehead atoms. The Balaban J connectivity index is 1.94. The van der Waals surface area contributed by atoms with E-state index in [1.807, 2.05) is 13.8 Å². The smallest absolute Gasteiger partial charge is 0.310 e. The molecule has 28 heavy (non-hydrogen) atoms. The van der Waals surface area contributed by atoms with Crippen molar-refractivity contribution in [2.45, 2.75) is 123 Å². The third-order valence-corrected chi connectivity index (χ3v) is 6.13. The van der Waals surface area contributed by atoms with E-state index in [1.54, 1.807) is 4.90 Å². The van der Waals surface area contributed by atoms with Crippen molar-refractivity contribution in [2.75, 3.05) is 6.54 Å². The average Bonchev–Trinajstić information content (AvgIpc) is 2.90. The van der Waals surface area contributed by atoms with E-state index in [0.29, 0.717) is 13.0 Å². The molecule has 1 fully saturated rings. The maximum Gasteiger partial charge on any atom is 0.325 e. The van der Waals surface area contributed by atoms with Gasteiger partial charge in [-0.3, -0.25) is 10.1 Å². The number of carbonyl (C=O) groups excluding carboxylic acids is 2. The fourth-order valence-electron chi connectivity index (χ4n) is 3.86. The number of unbranched alkanes of at least 4 members (excludes halogenated alkanes) is 12. The molecule has 4 nitrogen and oxygen atoms in total. The molecule has 162 valence electrons. The Hall–Kier alpha value is -1.32. The maximum atomic E-state index is 11.9. The van der Waals surface area contributed by atoms with Crippen LogP contribution in [0.3, 0.4) is 0 Å². The zero-order chi connectivity index (χ0) is 20.7. The predicted molar refractivity (Wildman–Crippen MR) is 118 cm³/mol. The lowest BCUT2D eigenvalue weighted by Crippen LogP contribution is -2.46. The van der Waals surface area contributed by atoms with E-state index in [1.165, 1.54) is 77.0 Å². The number of imide groups is 1. The number of amides is 3. The quantitative estimate of drug-likeness (QED) is 0.169. The zero-order valence-corrected chi connectivity index (χ0v) is 18.7. The van der Waals surface area contributed by atoms with Crippen LogP contribution in [0.5, 0.6) is 0 Å². The van der Waals surface area contributed by atoms with Crippen LogP contribution in [0.15, 0.2) is 12.2 Å². The van der Waals surface area contributed by atoms with Crippen molar-refractivity contribution in [2.24, 2.45) is 0 Å². The summed E-state index contributed by atoms with van der Waals surface area (Å²) >= 11 is 0. The predicted octanol–water partition coefficient (Wildman–Crippen LogP) is 6.74. The summed E-state index contributed by atoms with van der Waals surface area (Å²) in [4.78, 5) is 25.6. The normalized spacial score (nSPS) is 19.8. The number of urea groups is 1. The van der Waals surface area contributed by atoms with Crippen molar-refractivity contribution in [3.63, 3.8) is 0 Å². The standard InChI is InChI=1S/C24H44N2O2/c1-4-6-7-8-9-10-11-12-13-14-15-16-17-18-19-20-21-26-23(28)25-22(27)24(26,3)5-2/h12-13H,4-11,14-21H2,1-3H3,(H,25,27,28)/b13-12-. The van der Waals surface area contributed by atoms with Gasteiger partial charge in [0.25, 0.3) is 5.91 Å².